The van der Waals surface area contributed by atoms with Gasteiger partial charge in [0.25, 0.3) is 0 Å². The highest BCUT2D eigenvalue weighted by Gasteiger charge is 2.25. The van der Waals surface area contributed by atoms with Crippen molar-refractivity contribution in [2.24, 2.45) is 10.9 Å². The van der Waals surface area contributed by atoms with E-state index in [0.29, 0.717) is 6.54 Å². The standard InChI is InChI=1S/C10H12N2O/c1-7-9-6-11-5-8(9)3-4-12(2)10(7)13/h3-5,7H,6H2,1-2H3. The van der Waals surface area contributed by atoms with Crippen molar-refractivity contribution in [1.82, 2.24) is 4.90 Å². The van der Waals surface area contributed by atoms with E-state index >= 15 is 0 Å². The maximum absolute atomic E-state index is 11.7. The predicted molar refractivity (Wildman–Crippen MR) is 51.5 cm³/mol. The van der Waals surface area contributed by atoms with Crippen LogP contribution >= 0.6 is 0 Å². The number of carbonyl (C=O) groups excluding carboxylic acids is 1. The number of allylic oxidation sites excluding steroid dienone is 2. The molecule has 0 aromatic rings. The van der Waals surface area contributed by atoms with Crippen molar-refractivity contribution in [3.8, 4) is 0 Å². The second-order valence-corrected chi connectivity index (χ2v) is 3.44. The van der Waals surface area contributed by atoms with Crippen molar-refractivity contribution >= 4 is 12.1 Å². The fourth-order valence-electron chi connectivity index (χ4n) is 1.67. The lowest BCUT2D eigenvalue weighted by atomic mass is 9.97. The first-order valence-corrected chi connectivity index (χ1v) is 4.38. The third-order valence-electron chi connectivity index (χ3n) is 2.58. The molecule has 2 aliphatic heterocycles. The molecule has 0 saturated carbocycles. The fourth-order valence-corrected chi connectivity index (χ4v) is 1.67. The molecule has 1 unspecified atom stereocenters. The van der Waals surface area contributed by atoms with Crippen LogP contribution in [0.25, 0.3) is 0 Å². The Labute approximate surface area is 77.4 Å². The Morgan fingerprint density at radius 2 is 2.38 bits per heavy atom. The highest BCUT2D eigenvalue weighted by atomic mass is 16.2. The SMILES string of the molecule is CC1C(=O)N(C)C=CC2=C1CN=C2. The maximum Gasteiger partial charge on any atom is 0.233 e. The van der Waals surface area contributed by atoms with E-state index in [1.54, 1.807) is 18.1 Å². The molecule has 2 heterocycles. The van der Waals surface area contributed by atoms with Gasteiger partial charge in [0.15, 0.2) is 0 Å². The Hall–Kier alpha value is -1.38. The lowest BCUT2D eigenvalue weighted by molar-refractivity contribution is -0.130. The first-order valence-electron chi connectivity index (χ1n) is 4.38. The molecule has 1 amide bonds. The molecular weight excluding hydrogens is 164 g/mol. The van der Waals surface area contributed by atoms with Crippen LogP contribution in [0.15, 0.2) is 28.4 Å². The topological polar surface area (TPSA) is 32.7 Å². The zero-order chi connectivity index (χ0) is 9.42. The van der Waals surface area contributed by atoms with E-state index < -0.39 is 0 Å². The van der Waals surface area contributed by atoms with Crippen LogP contribution in [0.1, 0.15) is 6.92 Å². The molecule has 0 bridgehead atoms. The molecule has 3 heteroatoms. The molecule has 0 N–H and O–H groups in total. The Balaban J connectivity index is 2.41. The molecule has 0 aromatic carbocycles. The van der Waals surface area contributed by atoms with Crippen molar-refractivity contribution < 1.29 is 4.79 Å². The predicted octanol–water partition coefficient (Wildman–Crippen LogP) is 0.989. The average Bonchev–Trinajstić information content (AvgIpc) is 2.56. The Bertz CT molecular complexity index is 339. The number of hydrogen-bond donors (Lipinski definition) is 0. The van der Waals surface area contributed by atoms with Gasteiger partial charge in [-0.1, -0.05) is 0 Å². The zero-order valence-corrected chi connectivity index (χ0v) is 7.82. The van der Waals surface area contributed by atoms with Gasteiger partial charge in [-0.15, -0.1) is 0 Å². The van der Waals surface area contributed by atoms with Crippen LogP contribution in [-0.4, -0.2) is 30.6 Å². The van der Waals surface area contributed by atoms with Crippen molar-refractivity contribution in [3.05, 3.63) is 23.4 Å². The Morgan fingerprint density at radius 3 is 3.15 bits per heavy atom. The van der Waals surface area contributed by atoms with Gasteiger partial charge in [0.05, 0.1) is 12.5 Å². The summed E-state index contributed by atoms with van der Waals surface area (Å²) < 4.78 is 0. The van der Waals surface area contributed by atoms with E-state index in [1.807, 2.05) is 19.2 Å². The minimum absolute atomic E-state index is 0.0301. The van der Waals surface area contributed by atoms with Gasteiger partial charge in [0.2, 0.25) is 5.91 Å². The van der Waals surface area contributed by atoms with Crippen molar-refractivity contribution in [1.29, 1.82) is 0 Å². The highest BCUT2D eigenvalue weighted by molar-refractivity contribution is 5.92. The summed E-state index contributed by atoms with van der Waals surface area (Å²) in [5, 5.41) is 0. The lowest BCUT2D eigenvalue weighted by Crippen LogP contribution is -2.27. The van der Waals surface area contributed by atoms with Crippen molar-refractivity contribution in [3.63, 3.8) is 0 Å². The van der Waals surface area contributed by atoms with Crippen molar-refractivity contribution in [2.75, 3.05) is 13.6 Å². The van der Waals surface area contributed by atoms with Gasteiger partial charge in [-0.3, -0.25) is 9.79 Å². The summed E-state index contributed by atoms with van der Waals surface area (Å²) in [6.07, 6.45) is 5.60. The van der Waals surface area contributed by atoms with Crippen LogP contribution in [0.2, 0.25) is 0 Å². The average molecular weight is 176 g/mol. The summed E-state index contributed by atoms with van der Waals surface area (Å²) in [4.78, 5) is 17.5. The smallest absolute Gasteiger partial charge is 0.233 e. The van der Waals surface area contributed by atoms with Gasteiger partial charge in [0, 0.05) is 19.5 Å². The molecule has 2 aliphatic rings. The summed E-state index contributed by atoms with van der Waals surface area (Å²) in [7, 11) is 1.79. The normalized spacial score (nSPS) is 26.8. The molecule has 0 aromatic heterocycles. The molecule has 3 nitrogen and oxygen atoms in total. The summed E-state index contributed by atoms with van der Waals surface area (Å²) in [6.45, 7) is 2.62. The van der Waals surface area contributed by atoms with Gasteiger partial charge in [-0.2, -0.15) is 0 Å². The fraction of sp³-hybridized carbons (Fsp3) is 0.400. The van der Waals surface area contributed by atoms with Gasteiger partial charge >= 0.3 is 0 Å². The summed E-state index contributed by atoms with van der Waals surface area (Å²) in [5.41, 5.74) is 2.25. The Kier molecular flexibility index (Phi) is 1.79. The maximum atomic E-state index is 11.7. The molecule has 13 heavy (non-hydrogen) atoms. The lowest BCUT2D eigenvalue weighted by Gasteiger charge is -2.16. The van der Waals surface area contributed by atoms with Crippen LogP contribution in [0, 0.1) is 5.92 Å². The number of hydrogen-bond acceptors (Lipinski definition) is 2. The molecule has 0 saturated heterocycles. The molecule has 0 spiro atoms. The quantitative estimate of drug-likeness (QED) is 0.541. The minimum atomic E-state index is -0.0301. The first kappa shape index (κ1) is 8.23. The van der Waals surface area contributed by atoms with E-state index in [1.165, 1.54) is 0 Å². The molecule has 68 valence electrons. The minimum Gasteiger partial charge on any atom is -0.322 e. The third kappa shape index (κ3) is 1.20. The number of nitrogens with zero attached hydrogens (tertiary/aromatic N) is 2. The molecule has 2 rings (SSSR count). The number of carbonyl (C=O) groups is 1. The molecule has 0 radical (unpaired) electrons. The van der Waals surface area contributed by atoms with Gasteiger partial charge in [-0.05, 0) is 24.1 Å². The second kappa shape index (κ2) is 2.83. The third-order valence-corrected chi connectivity index (χ3v) is 2.58. The van der Waals surface area contributed by atoms with E-state index in [4.69, 9.17) is 0 Å². The molecule has 0 fully saturated rings. The van der Waals surface area contributed by atoms with Crippen LogP contribution in [0.5, 0.6) is 0 Å². The van der Waals surface area contributed by atoms with E-state index in [9.17, 15) is 4.79 Å². The van der Waals surface area contributed by atoms with Gasteiger partial charge in [-0.25, -0.2) is 0 Å². The summed E-state index contributed by atoms with van der Waals surface area (Å²) in [5.74, 6) is 0.115. The Morgan fingerprint density at radius 1 is 1.62 bits per heavy atom. The van der Waals surface area contributed by atoms with Crippen LogP contribution in [0.3, 0.4) is 0 Å². The van der Waals surface area contributed by atoms with E-state index in [-0.39, 0.29) is 11.8 Å². The van der Waals surface area contributed by atoms with Crippen molar-refractivity contribution in [2.45, 2.75) is 6.92 Å². The summed E-state index contributed by atoms with van der Waals surface area (Å²) >= 11 is 0. The monoisotopic (exact) mass is 176 g/mol. The number of rotatable bonds is 0. The molecule has 0 aliphatic carbocycles. The molecular formula is C10H12N2O. The van der Waals surface area contributed by atoms with Crippen LogP contribution in [0.4, 0.5) is 0 Å². The zero-order valence-electron chi connectivity index (χ0n) is 7.82. The van der Waals surface area contributed by atoms with E-state index in [2.05, 4.69) is 4.99 Å². The van der Waals surface area contributed by atoms with Gasteiger partial charge in [0.1, 0.15) is 0 Å². The van der Waals surface area contributed by atoms with Gasteiger partial charge < -0.3 is 4.90 Å². The second-order valence-electron chi connectivity index (χ2n) is 3.44. The highest BCUT2D eigenvalue weighted by Crippen LogP contribution is 2.24. The van der Waals surface area contributed by atoms with E-state index in [0.717, 1.165) is 11.1 Å². The number of amides is 1. The largest absolute Gasteiger partial charge is 0.322 e. The summed E-state index contributed by atoms with van der Waals surface area (Å²) in [6, 6.07) is 0. The first-order chi connectivity index (χ1) is 6.20. The number of aliphatic imine (C=N–C) groups is 1. The molecule has 1 atom stereocenters. The van der Waals surface area contributed by atoms with Crippen LogP contribution < -0.4 is 0 Å². The van der Waals surface area contributed by atoms with Crippen LogP contribution in [-0.2, 0) is 4.79 Å².